The zero-order chi connectivity index (χ0) is 13.0. The third kappa shape index (κ3) is 3.23. The zero-order valence-electron chi connectivity index (χ0n) is 10.9. The molecule has 0 aliphatic carbocycles. The van der Waals surface area contributed by atoms with Crippen molar-refractivity contribution < 1.29 is 0 Å². The molecular formula is C14H17N3S. The normalized spacial score (nSPS) is 10.4. The molecule has 0 spiro atoms. The maximum absolute atomic E-state index is 4.28. The third-order valence-electron chi connectivity index (χ3n) is 2.70. The Hall–Kier alpha value is -1.55. The van der Waals surface area contributed by atoms with Crippen LogP contribution in [0.2, 0.25) is 0 Å². The first kappa shape index (κ1) is 12.9. The minimum Gasteiger partial charge on any atom is -0.370 e. The van der Waals surface area contributed by atoms with Gasteiger partial charge in [0.25, 0.3) is 0 Å². The van der Waals surface area contributed by atoms with Crippen molar-refractivity contribution in [2.75, 3.05) is 11.9 Å². The highest BCUT2D eigenvalue weighted by atomic mass is 32.2. The van der Waals surface area contributed by atoms with Crippen molar-refractivity contribution >= 4 is 17.6 Å². The Bertz CT molecular complexity index is 540. The highest BCUT2D eigenvalue weighted by Crippen LogP contribution is 2.28. The van der Waals surface area contributed by atoms with Gasteiger partial charge in [-0.25, -0.2) is 9.97 Å². The van der Waals surface area contributed by atoms with Crippen LogP contribution < -0.4 is 5.32 Å². The molecule has 0 aliphatic heterocycles. The lowest BCUT2D eigenvalue weighted by Gasteiger charge is -2.06. The minimum absolute atomic E-state index is 0.866. The van der Waals surface area contributed by atoms with E-state index in [0.29, 0.717) is 0 Å². The highest BCUT2D eigenvalue weighted by Gasteiger charge is 2.02. The monoisotopic (exact) mass is 259 g/mol. The van der Waals surface area contributed by atoms with Gasteiger partial charge in [0.05, 0.1) is 0 Å². The molecule has 1 aromatic carbocycles. The fourth-order valence-electron chi connectivity index (χ4n) is 1.57. The molecule has 0 amide bonds. The number of hydrogen-bond acceptors (Lipinski definition) is 4. The van der Waals surface area contributed by atoms with Gasteiger partial charge in [0.15, 0.2) is 0 Å². The van der Waals surface area contributed by atoms with Crippen LogP contribution in [0.25, 0.3) is 0 Å². The quantitative estimate of drug-likeness (QED) is 0.850. The van der Waals surface area contributed by atoms with E-state index in [2.05, 4.69) is 54.3 Å². The molecule has 0 bridgehead atoms. The van der Waals surface area contributed by atoms with Crippen molar-refractivity contribution in [2.45, 2.75) is 30.7 Å². The smallest absolute Gasteiger partial charge is 0.130 e. The maximum atomic E-state index is 4.28. The van der Waals surface area contributed by atoms with Gasteiger partial charge in [0.2, 0.25) is 0 Å². The third-order valence-corrected chi connectivity index (χ3v) is 3.62. The van der Waals surface area contributed by atoms with E-state index >= 15 is 0 Å². The SMILES string of the molecule is CCNc1cc(Sc2ccc(C)c(C)c2)ncn1. The summed E-state index contributed by atoms with van der Waals surface area (Å²) in [5, 5.41) is 4.15. The van der Waals surface area contributed by atoms with Gasteiger partial charge in [-0.05, 0) is 44.0 Å². The molecule has 0 atom stereocenters. The number of nitrogens with one attached hydrogen (secondary N) is 1. The highest BCUT2D eigenvalue weighted by molar-refractivity contribution is 7.99. The lowest BCUT2D eigenvalue weighted by molar-refractivity contribution is 1.03. The second-order valence-electron chi connectivity index (χ2n) is 4.12. The molecule has 0 unspecified atom stereocenters. The maximum Gasteiger partial charge on any atom is 0.130 e. The molecule has 4 heteroatoms. The molecule has 0 aliphatic rings. The summed E-state index contributed by atoms with van der Waals surface area (Å²) >= 11 is 1.66. The van der Waals surface area contributed by atoms with E-state index in [-0.39, 0.29) is 0 Å². The van der Waals surface area contributed by atoms with Crippen LogP contribution in [0, 0.1) is 13.8 Å². The van der Waals surface area contributed by atoms with Gasteiger partial charge in [-0.2, -0.15) is 0 Å². The van der Waals surface area contributed by atoms with Crippen LogP contribution in [-0.4, -0.2) is 16.5 Å². The summed E-state index contributed by atoms with van der Waals surface area (Å²) in [6.45, 7) is 7.17. The second-order valence-corrected chi connectivity index (χ2v) is 5.21. The largest absolute Gasteiger partial charge is 0.370 e. The fourth-order valence-corrected chi connectivity index (χ4v) is 2.45. The predicted octanol–water partition coefficient (Wildman–Crippen LogP) is 3.68. The van der Waals surface area contributed by atoms with Crippen LogP contribution in [0.5, 0.6) is 0 Å². The molecule has 1 heterocycles. The second kappa shape index (κ2) is 5.87. The number of hydrogen-bond donors (Lipinski definition) is 1. The van der Waals surface area contributed by atoms with Crippen molar-refractivity contribution in [3.05, 3.63) is 41.7 Å². The molecule has 0 saturated heterocycles. The Morgan fingerprint density at radius 3 is 2.67 bits per heavy atom. The number of nitrogens with zero attached hydrogens (tertiary/aromatic N) is 2. The van der Waals surface area contributed by atoms with Gasteiger partial charge >= 0.3 is 0 Å². The van der Waals surface area contributed by atoms with E-state index < -0.39 is 0 Å². The molecule has 0 saturated carbocycles. The summed E-state index contributed by atoms with van der Waals surface area (Å²) in [5.41, 5.74) is 2.62. The van der Waals surface area contributed by atoms with E-state index in [1.165, 1.54) is 16.0 Å². The number of anilines is 1. The summed E-state index contributed by atoms with van der Waals surface area (Å²) in [5.74, 6) is 0.874. The van der Waals surface area contributed by atoms with Crippen molar-refractivity contribution in [3.8, 4) is 0 Å². The van der Waals surface area contributed by atoms with Crippen LogP contribution in [0.1, 0.15) is 18.1 Å². The fraction of sp³-hybridized carbons (Fsp3) is 0.286. The first-order chi connectivity index (χ1) is 8.69. The van der Waals surface area contributed by atoms with Crippen molar-refractivity contribution in [2.24, 2.45) is 0 Å². The summed E-state index contributed by atoms with van der Waals surface area (Å²) < 4.78 is 0. The predicted molar refractivity (Wildman–Crippen MR) is 76.2 cm³/mol. The topological polar surface area (TPSA) is 37.8 Å². The van der Waals surface area contributed by atoms with E-state index in [1.54, 1.807) is 18.1 Å². The number of aromatic nitrogens is 2. The first-order valence-corrected chi connectivity index (χ1v) is 6.81. The molecule has 1 N–H and O–H groups in total. The van der Waals surface area contributed by atoms with Crippen LogP contribution in [0.4, 0.5) is 5.82 Å². The number of benzene rings is 1. The summed E-state index contributed by atoms with van der Waals surface area (Å²) in [7, 11) is 0. The van der Waals surface area contributed by atoms with Crippen LogP contribution in [0.3, 0.4) is 0 Å². The van der Waals surface area contributed by atoms with Gasteiger partial charge in [-0.3, -0.25) is 0 Å². The first-order valence-electron chi connectivity index (χ1n) is 6.00. The molecule has 3 nitrogen and oxygen atoms in total. The molecule has 18 heavy (non-hydrogen) atoms. The molecule has 2 aromatic rings. The molecule has 2 rings (SSSR count). The lowest BCUT2D eigenvalue weighted by atomic mass is 10.1. The van der Waals surface area contributed by atoms with Crippen LogP contribution in [-0.2, 0) is 0 Å². The van der Waals surface area contributed by atoms with Gasteiger partial charge < -0.3 is 5.32 Å². The summed E-state index contributed by atoms with van der Waals surface area (Å²) in [6, 6.07) is 8.44. The Kier molecular flexibility index (Phi) is 4.20. The molecule has 1 aromatic heterocycles. The van der Waals surface area contributed by atoms with E-state index in [9.17, 15) is 0 Å². The summed E-state index contributed by atoms with van der Waals surface area (Å²) in [6.07, 6.45) is 1.60. The lowest BCUT2D eigenvalue weighted by Crippen LogP contribution is -1.99. The van der Waals surface area contributed by atoms with Gasteiger partial charge in [0, 0.05) is 17.5 Å². The van der Waals surface area contributed by atoms with Crippen molar-refractivity contribution in [1.82, 2.24) is 9.97 Å². The summed E-state index contributed by atoms with van der Waals surface area (Å²) in [4.78, 5) is 9.66. The molecule has 0 radical (unpaired) electrons. The van der Waals surface area contributed by atoms with Gasteiger partial charge in [0.1, 0.15) is 17.2 Å². The Morgan fingerprint density at radius 2 is 1.94 bits per heavy atom. The van der Waals surface area contributed by atoms with E-state index in [0.717, 1.165) is 17.4 Å². The molecular weight excluding hydrogens is 242 g/mol. The minimum atomic E-state index is 0.866. The Labute approximate surface area is 112 Å². The van der Waals surface area contributed by atoms with E-state index in [1.807, 2.05) is 6.07 Å². The molecule has 0 fully saturated rings. The zero-order valence-corrected chi connectivity index (χ0v) is 11.7. The molecule has 94 valence electrons. The standard InChI is InChI=1S/C14H17N3S/c1-4-15-13-8-14(17-9-16-13)18-12-6-5-10(2)11(3)7-12/h5-9H,4H2,1-3H3,(H,15,16,17). The van der Waals surface area contributed by atoms with E-state index in [4.69, 9.17) is 0 Å². The average Bonchev–Trinajstić information content (AvgIpc) is 2.35. The Morgan fingerprint density at radius 1 is 1.11 bits per heavy atom. The average molecular weight is 259 g/mol. The van der Waals surface area contributed by atoms with Crippen molar-refractivity contribution in [1.29, 1.82) is 0 Å². The number of aryl methyl sites for hydroxylation is 2. The van der Waals surface area contributed by atoms with Gasteiger partial charge in [-0.15, -0.1) is 0 Å². The van der Waals surface area contributed by atoms with Crippen LogP contribution in [0.15, 0.2) is 40.5 Å². The Balaban J connectivity index is 2.17. The van der Waals surface area contributed by atoms with Crippen LogP contribution >= 0.6 is 11.8 Å². The number of rotatable bonds is 4. The van der Waals surface area contributed by atoms with Crippen molar-refractivity contribution in [3.63, 3.8) is 0 Å². The van der Waals surface area contributed by atoms with Gasteiger partial charge in [-0.1, -0.05) is 17.8 Å².